The lowest BCUT2D eigenvalue weighted by Gasteiger charge is -2.25. The molecule has 1 N–H and O–H groups in total. The fraction of sp³-hybridized carbons (Fsp3) is 0.269. The van der Waals surface area contributed by atoms with Crippen LogP contribution in [0.5, 0.6) is 5.75 Å². The molecule has 4 rings (SSSR count). The summed E-state index contributed by atoms with van der Waals surface area (Å²) in [6.45, 7) is 4.17. The average Bonchev–Trinajstić information content (AvgIpc) is 2.79. The highest BCUT2D eigenvalue weighted by atomic mass is 32.2. The van der Waals surface area contributed by atoms with E-state index in [1.54, 1.807) is 0 Å². The lowest BCUT2D eigenvalue weighted by Crippen LogP contribution is -3.13. The van der Waals surface area contributed by atoms with Crippen LogP contribution >= 0.6 is 11.8 Å². The number of fused-ring (bicyclic) bond motifs is 1. The molecule has 1 atom stereocenters. The summed E-state index contributed by atoms with van der Waals surface area (Å²) in [6, 6.07) is 21.0. The van der Waals surface area contributed by atoms with Crippen LogP contribution in [0.15, 0.2) is 73.1 Å². The van der Waals surface area contributed by atoms with E-state index in [2.05, 4.69) is 104 Å². The number of nitrogens with one attached hydrogen (secondary N) is 1. The highest BCUT2D eigenvalue weighted by molar-refractivity contribution is 7.98. The molecule has 0 bridgehead atoms. The van der Waals surface area contributed by atoms with Gasteiger partial charge in [-0.1, -0.05) is 36.4 Å². The van der Waals surface area contributed by atoms with Crippen molar-refractivity contribution in [2.45, 2.75) is 13.5 Å². The number of hydrogen-bond donors (Lipinski definition) is 1. The van der Waals surface area contributed by atoms with Gasteiger partial charge in [-0.2, -0.15) is 11.8 Å². The zero-order chi connectivity index (χ0) is 22.1. The highest BCUT2D eigenvalue weighted by Gasteiger charge is 2.29. The van der Waals surface area contributed by atoms with Crippen LogP contribution in [0.4, 0.5) is 11.4 Å². The lowest BCUT2D eigenvalue weighted by atomic mass is 10.1. The zero-order valence-electron chi connectivity index (χ0n) is 18.9. The summed E-state index contributed by atoms with van der Waals surface area (Å²) in [5, 5.41) is 1.12. The number of benzene rings is 2. The maximum absolute atomic E-state index is 5.35. The summed E-state index contributed by atoms with van der Waals surface area (Å²) >= 11 is 1.87. The molecule has 0 radical (unpaired) electrons. The molecule has 0 amide bonds. The summed E-state index contributed by atoms with van der Waals surface area (Å²) in [6.07, 6.45) is 10.7. The first kappa shape index (κ1) is 22.9. The van der Waals surface area contributed by atoms with Gasteiger partial charge >= 0.3 is 0 Å². The van der Waals surface area contributed by atoms with E-state index in [9.17, 15) is 0 Å². The minimum Gasteiger partial charge on any atom is -0.378 e. The van der Waals surface area contributed by atoms with Crippen LogP contribution in [0.3, 0.4) is 0 Å². The summed E-state index contributed by atoms with van der Waals surface area (Å²) in [5.41, 5.74) is 4.96. The van der Waals surface area contributed by atoms with Crippen molar-refractivity contribution in [1.82, 2.24) is 0 Å². The number of hydroxylamine groups is 1. The second-order valence-corrected chi connectivity index (χ2v) is 8.54. The Balaban J connectivity index is 0.000000225. The predicted octanol–water partition coefficient (Wildman–Crippen LogP) is 4.10. The summed E-state index contributed by atoms with van der Waals surface area (Å²) in [4.78, 5) is 7.46. The topological polar surface area (TPSA) is 20.8 Å². The molecule has 5 heteroatoms. The number of rotatable bonds is 7. The number of quaternary nitrogens is 1. The number of pyridine rings is 1. The van der Waals surface area contributed by atoms with Gasteiger partial charge in [0.2, 0.25) is 5.69 Å². The van der Waals surface area contributed by atoms with Gasteiger partial charge in [0.25, 0.3) is 5.75 Å². The molecule has 4 nitrogen and oxygen atoms in total. The van der Waals surface area contributed by atoms with Crippen molar-refractivity contribution in [3.8, 4) is 5.75 Å². The Morgan fingerprint density at radius 2 is 1.58 bits per heavy atom. The number of anilines is 1. The fourth-order valence-electron chi connectivity index (χ4n) is 3.19. The van der Waals surface area contributed by atoms with Gasteiger partial charge in [0, 0.05) is 38.0 Å². The lowest BCUT2D eigenvalue weighted by molar-refractivity contribution is -1.03. The first-order valence-electron chi connectivity index (χ1n) is 10.7. The molecular formula is C26H33N3OS+2. The zero-order valence-corrected chi connectivity index (χ0v) is 19.7. The molecular weight excluding hydrogens is 402 g/mol. The molecule has 0 spiro atoms. The minimum atomic E-state index is 0.997. The Morgan fingerprint density at radius 3 is 2.16 bits per heavy atom. The Morgan fingerprint density at radius 1 is 0.935 bits per heavy atom. The second kappa shape index (κ2) is 11.6. The first-order valence-corrected chi connectivity index (χ1v) is 12.1. The van der Waals surface area contributed by atoms with Gasteiger partial charge in [0.05, 0.1) is 5.75 Å². The average molecular weight is 436 g/mol. The van der Waals surface area contributed by atoms with Crippen LogP contribution in [0.25, 0.3) is 12.2 Å². The normalized spacial score (nSPS) is 14.1. The molecule has 3 aromatic rings. The van der Waals surface area contributed by atoms with Crippen LogP contribution in [0.2, 0.25) is 0 Å². The molecule has 0 fully saturated rings. The SMILES string of the molecule is CC[NH+]1Oc2ccccc21.CSCC[n+]1ccc(/C=C/c2ccc(N(C)C)cc2)cc1. The Hall–Kier alpha value is -2.76. The van der Waals surface area contributed by atoms with Crippen molar-refractivity contribution in [1.29, 1.82) is 0 Å². The number of aryl methyl sites for hydroxylation is 1. The van der Waals surface area contributed by atoms with Gasteiger partial charge in [0.1, 0.15) is 6.54 Å². The van der Waals surface area contributed by atoms with Crippen LogP contribution in [0, 0.1) is 0 Å². The smallest absolute Gasteiger partial charge is 0.254 e. The van der Waals surface area contributed by atoms with Crippen LogP contribution < -0.4 is 19.4 Å². The molecule has 0 saturated carbocycles. The minimum absolute atomic E-state index is 0.997. The number of para-hydroxylation sites is 2. The molecule has 1 aromatic heterocycles. The third kappa shape index (κ3) is 6.61. The first-order chi connectivity index (χ1) is 15.1. The molecule has 2 heterocycles. The Labute approximate surface area is 190 Å². The van der Waals surface area contributed by atoms with Crippen LogP contribution in [-0.2, 0) is 6.54 Å². The Bertz CT molecular complexity index is 969. The van der Waals surface area contributed by atoms with E-state index in [1.807, 2.05) is 30.0 Å². The number of aromatic nitrogens is 1. The monoisotopic (exact) mass is 435 g/mol. The summed E-state index contributed by atoms with van der Waals surface area (Å²) in [7, 11) is 4.11. The maximum atomic E-state index is 5.35. The van der Waals surface area contributed by atoms with Gasteiger partial charge in [0.15, 0.2) is 18.9 Å². The maximum Gasteiger partial charge on any atom is 0.254 e. The Kier molecular flexibility index (Phi) is 8.56. The molecule has 0 saturated heterocycles. The van der Waals surface area contributed by atoms with Gasteiger partial charge in [-0.25, -0.2) is 4.57 Å². The van der Waals surface area contributed by atoms with E-state index in [0.29, 0.717) is 0 Å². The quantitative estimate of drug-likeness (QED) is 0.565. The number of nitrogens with zero attached hydrogens (tertiary/aromatic N) is 2. The van der Waals surface area contributed by atoms with Crippen LogP contribution in [-0.4, -0.2) is 32.6 Å². The largest absolute Gasteiger partial charge is 0.378 e. The molecule has 1 aliphatic heterocycles. The van der Waals surface area contributed by atoms with Crippen LogP contribution in [0.1, 0.15) is 18.1 Å². The third-order valence-electron chi connectivity index (χ3n) is 5.09. The second-order valence-electron chi connectivity index (χ2n) is 7.56. The highest BCUT2D eigenvalue weighted by Crippen LogP contribution is 2.24. The standard InChI is InChI=1S/C18H23N2S.C8H9NO/c1-19(2)18-8-6-16(7-9-18)4-5-17-10-12-20(13-11-17)14-15-21-3;1-2-9-7-5-3-4-6-8(7)10-9/h4-13H,14-15H2,1-3H3;3-6H,2H2,1H3/q+1;/p+1. The summed E-state index contributed by atoms with van der Waals surface area (Å²) < 4.78 is 2.22. The van der Waals surface area contributed by atoms with Gasteiger partial charge in [-0.05, 0) is 42.5 Å². The third-order valence-corrected chi connectivity index (χ3v) is 5.68. The molecule has 31 heavy (non-hydrogen) atoms. The van der Waals surface area contributed by atoms with Gasteiger partial charge in [-0.15, -0.1) is 5.06 Å². The van der Waals surface area contributed by atoms with Crippen molar-refractivity contribution in [2.75, 3.05) is 37.5 Å². The van der Waals surface area contributed by atoms with Crippen molar-refractivity contribution in [3.05, 3.63) is 84.2 Å². The summed E-state index contributed by atoms with van der Waals surface area (Å²) in [5.74, 6) is 2.18. The molecule has 1 aliphatic rings. The predicted molar refractivity (Wildman–Crippen MR) is 133 cm³/mol. The van der Waals surface area contributed by atoms with E-state index in [0.717, 1.165) is 29.7 Å². The molecule has 1 unspecified atom stereocenters. The van der Waals surface area contributed by atoms with E-state index >= 15 is 0 Å². The molecule has 162 valence electrons. The fourth-order valence-corrected chi connectivity index (χ4v) is 3.59. The molecule has 0 aliphatic carbocycles. The van der Waals surface area contributed by atoms with Crippen molar-refractivity contribution < 1.29 is 14.5 Å². The number of hydrogen-bond acceptors (Lipinski definition) is 3. The van der Waals surface area contributed by atoms with E-state index in [1.165, 1.54) is 22.5 Å². The van der Waals surface area contributed by atoms with Gasteiger partial charge < -0.3 is 9.74 Å². The molecule has 2 aromatic carbocycles. The van der Waals surface area contributed by atoms with E-state index in [4.69, 9.17) is 4.84 Å². The number of thioether (sulfide) groups is 1. The van der Waals surface area contributed by atoms with Crippen molar-refractivity contribution >= 4 is 35.3 Å². The van der Waals surface area contributed by atoms with E-state index in [-0.39, 0.29) is 0 Å². The van der Waals surface area contributed by atoms with Crippen molar-refractivity contribution in [2.24, 2.45) is 0 Å². The van der Waals surface area contributed by atoms with E-state index < -0.39 is 0 Å². The van der Waals surface area contributed by atoms with Crippen molar-refractivity contribution in [3.63, 3.8) is 0 Å². The van der Waals surface area contributed by atoms with Gasteiger partial charge in [-0.3, -0.25) is 0 Å².